The lowest BCUT2D eigenvalue weighted by Gasteiger charge is -2.10. The Balaban J connectivity index is 2.26. The first-order valence-electron chi connectivity index (χ1n) is 5.70. The van der Waals surface area contributed by atoms with Crippen LogP contribution in [0.2, 0.25) is 0 Å². The van der Waals surface area contributed by atoms with E-state index < -0.39 is 0 Å². The number of nitrogens with two attached hydrogens (primary N) is 1. The zero-order valence-electron chi connectivity index (χ0n) is 10.5. The number of pyridine rings is 1. The number of benzene rings is 1. The lowest BCUT2D eigenvalue weighted by molar-refractivity contribution is 0.184. The second-order valence-electron chi connectivity index (χ2n) is 3.92. The first-order valence-corrected chi connectivity index (χ1v) is 6.11. The Hall–Kier alpha value is -1.98. The minimum Gasteiger partial charge on any atom is -0.455 e. The van der Waals surface area contributed by atoms with Crippen molar-refractivity contribution >= 4 is 17.2 Å². The van der Waals surface area contributed by atoms with E-state index in [0.717, 1.165) is 5.56 Å². The molecule has 0 spiro atoms. The monoisotopic (exact) mass is 274 g/mol. The summed E-state index contributed by atoms with van der Waals surface area (Å²) < 4.78 is 10.9. The summed E-state index contributed by atoms with van der Waals surface area (Å²) in [7, 11) is 1.65. The summed E-state index contributed by atoms with van der Waals surface area (Å²) in [6.07, 6.45) is 3.22. The highest BCUT2D eigenvalue weighted by Gasteiger charge is 2.07. The van der Waals surface area contributed by atoms with Gasteiger partial charge in [0.1, 0.15) is 10.7 Å². The molecule has 1 heterocycles. The van der Waals surface area contributed by atoms with Crippen LogP contribution in [0.5, 0.6) is 11.5 Å². The van der Waals surface area contributed by atoms with Gasteiger partial charge in [0, 0.05) is 13.3 Å². The molecule has 0 bridgehead atoms. The van der Waals surface area contributed by atoms with E-state index in [9.17, 15) is 0 Å². The van der Waals surface area contributed by atoms with Crippen LogP contribution in [-0.4, -0.2) is 17.1 Å². The number of nitrogens with zero attached hydrogens (tertiary/aromatic N) is 1. The maximum atomic E-state index is 5.77. The van der Waals surface area contributed by atoms with Crippen LogP contribution in [-0.2, 0) is 11.3 Å². The third kappa shape index (κ3) is 3.49. The topological polar surface area (TPSA) is 57.4 Å². The van der Waals surface area contributed by atoms with Gasteiger partial charge in [-0.3, -0.25) is 4.98 Å². The van der Waals surface area contributed by atoms with Crippen LogP contribution in [0.15, 0.2) is 42.7 Å². The second kappa shape index (κ2) is 6.26. The van der Waals surface area contributed by atoms with E-state index >= 15 is 0 Å². The zero-order valence-corrected chi connectivity index (χ0v) is 11.3. The molecule has 1 aromatic carbocycles. The summed E-state index contributed by atoms with van der Waals surface area (Å²) in [5.41, 5.74) is 7.35. The fraction of sp³-hybridized carbons (Fsp3) is 0.143. The van der Waals surface area contributed by atoms with Crippen LogP contribution in [0.1, 0.15) is 11.1 Å². The van der Waals surface area contributed by atoms with Gasteiger partial charge in [-0.15, -0.1) is 0 Å². The van der Waals surface area contributed by atoms with E-state index in [0.29, 0.717) is 23.7 Å². The quantitative estimate of drug-likeness (QED) is 0.849. The highest BCUT2D eigenvalue weighted by molar-refractivity contribution is 7.80. The van der Waals surface area contributed by atoms with Gasteiger partial charge in [-0.05, 0) is 23.8 Å². The fourth-order valence-corrected chi connectivity index (χ4v) is 1.83. The van der Waals surface area contributed by atoms with Gasteiger partial charge in [0.2, 0.25) is 0 Å². The predicted octanol–water partition coefficient (Wildman–Crippen LogP) is 2.65. The van der Waals surface area contributed by atoms with Crippen molar-refractivity contribution in [2.75, 3.05) is 7.11 Å². The molecule has 1 aromatic heterocycles. The van der Waals surface area contributed by atoms with Gasteiger partial charge in [0.05, 0.1) is 18.4 Å². The van der Waals surface area contributed by atoms with E-state index in [2.05, 4.69) is 4.98 Å². The number of hydrogen-bond donors (Lipinski definition) is 1. The standard InChI is InChI=1S/C14H14N2O2S/c1-17-9-10-3-2-4-11(7-10)18-13-8-16-6-5-12(13)14(15)19/h2-8H,9H2,1H3,(H2,15,19). The molecule has 0 saturated carbocycles. The maximum absolute atomic E-state index is 5.77. The number of thiocarbonyl (C=S) groups is 1. The Morgan fingerprint density at radius 3 is 2.95 bits per heavy atom. The average Bonchev–Trinajstić information content (AvgIpc) is 2.40. The molecular formula is C14H14N2O2S. The van der Waals surface area contributed by atoms with Crippen LogP contribution >= 0.6 is 12.2 Å². The lowest BCUT2D eigenvalue weighted by Crippen LogP contribution is -2.10. The molecular weight excluding hydrogens is 260 g/mol. The molecule has 5 heteroatoms. The van der Waals surface area contributed by atoms with Crippen molar-refractivity contribution in [1.29, 1.82) is 0 Å². The van der Waals surface area contributed by atoms with Crippen LogP contribution in [0.4, 0.5) is 0 Å². The summed E-state index contributed by atoms with van der Waals surface area (Å²) in [5.74, 6) is 1.24. The smallest absolute Gasteiger partial charge is 0.155 e. The first-order chi connectivity index (χ1) is 9.20. The Morgan fingerprint density at radius 2 is 2.21 bits per heavy atom. The molecule has 0 aliphatic rings. The highest BCUT2D eigenvalue weighted by Crippen LogP contribution is 2.25. The number of aromatic nitrogens is 1. The van der Waals surface area contributed by atoms with Crippen molar-refractivity contribution in [3.63, 3.8) is 0 Å². The van der Waals surface area contributed by atoms with Gasteiger partial charge >= 0.3 is 0 Å². The summed E-state index contributed by atoms with van der Waals surface area (Å²) in [6, 6.07) is 9.36. The Kier molecular flexibility index (Phi) is 4.43. The summed E-state index contributed by atoms with van der Waals surface area (Å²) >= 11 is 4.98. The Labute approximate surface area is 117 Å². The maximum Gasteiger partial charge on any atom is 0.155 e. The van der Waals surface area contributed by atoms with Gasteiger partial charge in [0.15, 0.2) is 5.75 Å². The molecule has 0 radical (unpaired) electrons. The molecule has 2 aromatic rings. The second-order valence-corrected chi connectivity index (χ2v) is 4.36. The van der Waals surface area contributed by atoms with Crippen molar-refractivity contribution in [1.82, 2.24) is 4.98 Å². The average molecular weight is 274 g/mol. The van der Waals surface area contributed by atoms with Crippen molar-refractivity contribution in [3.8, 4) is 11.5 Å². The normalized spacial score (nSPS) is 10.2. The Morgan fingerprint density at radius 1 is 1.37 bits per heavy atom. The third-order valence-electron chi connectivity index (χ3n) is 2.49. The largest absolute Gasteiger partial charge is 0.455 e. The molecule has 2 N–H and O–H groups in total. The fourth-order valence-electron chi connectivity index (χ4n) is 1.66. The number of ether oxygens (including phenoxy) is 2. The molecule has 0 saturated heterocycles. The van der Waals surface area contributed by atoms with Gasteiger partial charge < -0.3 is 15.2 Å². The van der Waals surface area contributed by atoms with Crippen LogP contribution in [0.3, 0.4) is 0 Å². The first kappa shape index (κ1) is 13.5. The lowest BCUT2D eigenvalue weighted by atomic mass is 10.2. The molecule has 0 aliphatic heterocycles. The number of rotatable bonds is 5. The summed E-state index contributed by atoms with van der Waals surface area (Å²) in [6.45, 7) is 0.534. The minimum absolute atomic E-state index is 0.283. The third-order valence-corrected chi connectivity index (χ3v) is 2.71. The van der Waals surface area contributed by atoms with E-state index in [4.69, 9.17) is 27.4 Å². The highest BCUT2D eigenvalue weighted by atomic mass is 32.1. The SMILES string of the molecule is COCc1cccc(Oc2cnccc2C(N)=S)c1. The van der Waals surface area contributed by atoms with Crippen molar-refractivity contribution in [2.24, 2.45) is 5.73 Å². The van der Waals surface area contributed by atoms with E-state index in [1.54, 1.807) is 25.6 Å². The van der Waals surface area contributed by atoms with Crippen molar-refractivity contribution in [2.45, 2.75) is 6.61 Å². The van der Waals surface area contributed by atoms with Gasteiger partial charge in [0.25, 0.3) is 0 Å². The molecule has 2 rings (SSSR count). The van der Waals surface area contributed by atoms with Crippen LogP contribution in [0, 0.1) is 0 Å². The molecule has 0 unspecified atom stereocenters. The molecule has 0 fully saturated rings. The van der Waals surface area contributed by atoms with Crippen molar-refractivity contribution in [3.05, 3.63) is 53.9 Å². The zero-order chi connectivity index (χ0) is 13.7. The van der Waals surface area contributed by atoms with Crippen LogP contribution < -0.4 is 10.5 Å². The van der Waals surface area contributed by atoms with E-state index in [-0.39, 0.29) is 4.99 Å². The molecule has 19 heavy (non-hydrogen) atoms. The molecule has 0 aliphatic carbocycles. The van der Waals surface area contributed by atoms with Crippen molar-refractivity contribution < 1.29 is 9.47 Å². The predicted molar refractivity (Wildman–Crippen MR) is 77.4 cm³/mol. The van der Waals surface area contributed by atoms with E-state index in [1.807, 2.05) is 24.3 Å². The van der Waals surface area contributed by atoms with E-state index in [1.165, 1.54) is 0 Å². The van der Waals surface area contributed by atoms with Gasteiger partial charge in [-0.25, -0.2) is 0 Å². The molecule has 0 amide bonds. The van der Waals surface area contributed by atoms with Gasteiger partial charge in [-0.2, -0.15) is 0 Å². The summed E-state index contributed by atoms with van der Waals surface area (Å²) in [4.78, 5) is 4.30. The molecule has 0 atom stereocenters. The number of hydrogen-bond acceptors (Lipinski definition) is 4. The van der Waals surface area contributed by atoms with Gasteiger partial charge in [-0.1, -0.05) is 24.4 Å². The van der Waals surface area contributed by atoms with Crippen LogP contribution in [0.25, 0.3) is 0 Å². The minimum atomic E-state index is 0.283. The number of methoxy groups -OCH3 is 1. The molecule has 4 nitrogen and oxygen atoms in total. The molecule has 98 valence electrons. The summed E-state index contributed by atoms with van der Waals surface area (Å²) in [5, 5.41) is 0. The Bertz CT molecular complexity index is 587.